The van der Waals surface area contributed by atoms with Crippen molar-refractivity contribution in [3.63, 3.8) is 0 Å². The Morgan fingerprint density at radius 3 is 2.62 bits per heavy atom. The number of aryl methyl sites for hydroxylation is 1. The number of rotatable bonds is 5. The van der Waals surface area contributed by atoms with Gasteiger partial charge in [0.1, 0.15) is 0 Å². The molecule has 0 fully saturated rings. The first kappa shape index (κ1) is 13.1. The highest BCUT2D eigenvalue weighted by Crippen LogP contribution is 2.12. The van der Waals surface area contributed by atoms with Gasteiger partial charge in [-0.1, -0.05) is 13.8 Å². The van der Waals surface area contributed by atoms with Crippen LogP contribution in [-0.4, -0.2) is 24.7 Å². The molecule has 0 aliphatic heterocycles. The molecular weight excluding hydrogens is 233 g/mol. The molecule has 0 amide bonds. The van der Waals surface area contributed by atoms with E-state index in [0.717, 1.165) is 10.9 Å². The second-order valence-electron chi connectivity index (χ2n) is 4.00. The predicted molar refractivity (Wildman–Crippen MR) is 57.8 cm³/mol. The van der Waals surface area contributed by atoms with E-state index in [4.69, 9.17) is 0 Å². The lowest BCUT2D eigenvalue weighted by Crippen LogP contribution is -2.26. The highest BCUT2D eigenvalue weighted by atomic mass is 32.2. The highest BCUT2D eigenvalue weighted by Gasteiger charge is 2.22. The Morgan fingerprint density at radius 1 is 1.56 bits per heavy atom. The summed E-state index contributed by atoms with van der Waals surface area (Å²) in [7, 11) is -2.42. The first-order valence-corrected chi connectivity index (χ1v) is 6.50. The van der Waals surface area contributed by atoms with E-state index < -0.39 is 20.9 Å². The maximum Gasteiger partial charge on any atom is 0.246 e. The van der Waals surface area contributed by atoms with E-state index in [1.807, 2.05) is 13.8 Å². The summed E-state index contributed by atoms with van der Waals surface area (Å²) in [6.45, 7) is 4.27. The van der Waals surface area contributed by atoms with Gasteiger partial charge in [0.15, 0.2) is 4.90 Å². The first-order valence-electron chi connectivity index (χ1n) is 5.01. The Morgan fingerprint density at radius 2 is 2.19 bits per heavy atom. The SMILES string of the molecule is CC(C)CCNS(=O)(=O)c1cnn(C)c1F. The molecule has 5 nitrogen and oxygen atoms in total. The zero-order chi connectivity index (χ0) is 12.3. The quantitative estimate of drug-likeness (QED) is 0.842. The molecule has 0 aliphatic rings. The summed E-state index contributed by atoms with van der Waals surface area (Å²) in [6, 6.07) is 0. The molecule has 0 radical (unpaired) electrons. The third-order valence-electron chi connectivity index (χ3n) is 2.14. The highest BCUT2D eigenvalue weighted by molar-refractivity contribution is 7.89. The lowest BCUT2D eigenvalue weighted by Gasteiger charge is -2.06. The number of hydrogen-bond acceptors (Lipinski definition) is 3. The Balaban J connectivity index is 2.75. The Labute approximate surface area is 94.7 Å². The van der Waals surface area contributed by atoms with Crippen LogP contribution in [0.15, 0.2) is 11.1 Å². The fraction of sp³-hybridized carbons (Fsp3) is 0.667. The van der Waals surface area contributed by atoms with E-state index in [1.54, 1.807) is 0 Å². The summed E-state index contributed by atoms with van der Waals surface area (Å²) >= 11 is 0. The maximum atomic E-state index is 13.3. The van der Waals surface area contributed by atoms with Gasteiger partial charge >= 0.3 is 0 Å². The number of sulfonamides is 1. The van der Waals surface area contributed by atoms with Crippen LogP contribution in [0.5, 0.6) is 0 Å². The third kappa shape index (κ3) is 3.02. The molecular formula is C9H16FN3O2S. The van der Waals surface area contributed by atoms with Crippen molar-refractivity contribution in [3.8, 4) is 0 Å². The second-order valence-corrected chi connectivity index (χ2v) is 5.74. The summed E-state index contributed by atoms with van der Waals surface area (Å²) in [5.74, 6) is -0.460. The van der Waals surface area contributed by atoms with E-state index >= 15 is 0 Å². The van der Waals surface area contributed by atoms with Gasteiger partial charge in [0.05, 0.1) is 6.20 Å². The van der Waals surface area contributed by atoms with Crippen molar-refractivity contribution in [2.75, 3.05) is 6.54 Å². The normalized spacial score (nSPS) is 12.3. The zero-order valence-corrected chi connectivity index (χ0v) is 10.4. The predicted octanol–water partition coefficient (Wildman–Crippen LogP) is 0.884. The molecule has 1 N–H and O–H groups in total. The average Bonchev–Trinajstić information content (AvgIpc) is 2.47. The molecule has 0 spiro atoms. The van der Waals surface area contributed by atoms with E-state index in [-0.39, 0.29) is 0 Å². The first-order chi connectivity index (χ1) is 7.34. The van der Waals surface area contributed by atoms with Gasteiger partial charge in [0.2, 0.25) is 16.0 Å². The fourth-order valence-corrected chi connectivity index (χ4v) is 2.22. The number of aromatic nitrogens is 2. The van der Waals surface area contributed by atoms with Crippen molar-refractivity contribution in [1.82, 2.24) is 14.5 Å². The van der Waals surface area contributed by atoms with Crippen molar-refractivity contribution in [3.05, 3.63) is 12.1 Å². The van der Waals surface area contributed by atoms with Crippen LogP contribution >= 0.6 is 0 Å². The molecule has 0 aromatic carbocycles. The molecule has 7 heteroatoms. The third-order valence-corrected chi connectivity index (χ3v) is 3.58. The van der Waals surface area contributed by atoms with Crippen molar-refractivity contribution in [1.29, 1.82) is 0 Å². The van der Waals surface area contributed by atoms with Crippen LogP contribution in [-0.2, 0) is 17.1 Å². The molecule has 92 valence electrons. The van der Waals surface area contributed by atoms with Gasteiger partial charge in [-0.2, -0.15) is 9.49 Å². The van der Waals surface area contributed by atoms with Crippen molar-refractivity contribution in [2.45, 2.75) is 25.2 Å². The Bertz CT molecular complexity index is 453. The van der Waals surface area contributed by atoms with Crippen LogP contribution in [0.3, 0.4) is 0 Å². The van der Waals surface area contributed by atoms with E-state index in [9.17, 15) is 12.8 Å². The molecule has 0 atom stereocenters. The van der Waals surface area contributed by atoms with Gasteiger partial charge in [-0.05, 0) is 12.3 Å². The van der Waals surface area contributed by atoms with Gasteiger partial charge in [-0.15, -0.1) is 0 Å². The van der Waals surface area contributed by atoms with Crippen LogP contribution in [0.4, 0.5) is 4.39 Å². The zero-order valence-electron chi connectivity index (χ0n) is 9.57. The smallest absolute Gasteiger partial charge is 0.242 e. The summed E-state index contributed by atoms with van der Waals surface area (Å²) in [4.78, 5) is -0.404. The molecule has 0 aliphatic carbocycles. The Hall–Kier alpha value is -0.950. The van der Waals surface area contributed by atoms with Gasteiger partial charge < -0.3 is 0 Å². The number of nitrogens with one attached hydrogen (secondary N) is 1. The minimum Gasteiger partial charge on any atom is -0.242 e. The lowest BCUT2D eigenvalue weighted by molar-refractivity contribution is 0.480. The number of hydrogen-bond donors (Lipinski definition) is 1. The molecule has 1 aromatic rings. The van der Waals surface area contributed by atoms with Crippen molar-refractivity contribution < 1.29 is 12.8 Å². The maximum absolute atomic E-state index is 13.3. The van der Waals surface area contributed by atoms with E-state index in [0.29, 0.717) is 18.9 Å². The molecule has 0 saturated heterocycles. The van der Waals surface area contributed by atoms with Crippen LogP contribution in [0, 0.1) is 11.9 Å². The minimum atomic E-state index is -3.77. The van der Waals surface area contributed by atoms with Gasteiger partial charge in [-0.3, -0.25) is 0 Å². The lowest BCUT2D eigenvalue weighted by atomic mass is 10.1. The van der Waals surface area contributed by atoms with Crippen LogP contribution in [0.25, 0.3) is 0 Å². The molecule has 0 bridgehead atoms. The van der Waals surface area contributed by atoms with Crippen molar-refractivity contribution >= 4 is 10.0 Å². The van der Waals surface area contributed by atoms with Gasteiger partial charge in [0.25, 0.3) is 0 Å². The molecule has 16 heavy (non-hydrogen) atoms. The standard InChI is InChI=1S/C9H16FN3O2S/c1-7(2)4-5-12-16(14,15)8-6-11-13(3)9(8)10/h6-7,12H,4-5H2,1-3H3. The van der Waals surface area contributed by atoms with Crippen LogP contribution in [0.2, 0.25) is 0 Å². The number of halogens is 1. The number of nitrogens with zero attached hydrogens (tertiary/aromatic N) is 2. The molecule has 1 rings (SSSR count). The monoisotopic (exact) mass is 249 g/mol. The summed E-state index contributed by atoms with van der Waals surface area (Å²) in [5.41, 5.74) is 0. The van der Waals surface area contributed by atoms with Crippen LogP contribution < -0.4 is 4.72 Å². The molecule has 1 heterocycles. The minimum absolute atomic E-state index is 0.300. The van der Waals surface area contributed by atoms with Gasteiger partial charge in [0, 0.05) is 13.6 Å². The Kier molecular flexibility index (Phi) is 4.03. The fourth-order valence-electron chi connectivity index (χ4n) is 1.14. The molecule has 0 unspecified atom stereocenters. The summed E-state index contributed by atoms with van der Waals surface area (Å²) in [6.07, 6.45) is 1.72. The average molecular weight is 249 g/mol. The van der Waals surface area contributed by atoms with E-state index in [1.165, 1.54) is 7.05 Å². The van der Waals surface area contributed by atoms with E-state index in [2.05, 4.69) is 9.82 Å². The largest absolute Gasteiger partial charge is 0.246 e. The summed E-state index contributed by atoms with van der Waals surface area (Å²) < 4.78 is 39.8. The molecule has 0 saturated carbocycles. The topological polar surface area (TPSA) is 64.0 Å². The summed E-state index contributed by atoms with van der Waals surface area (Å²) in [5, 5.41) is 3.55. The van der Waals surface area contributed by atoms with Gasteiger partial charge in [-0.25, -0.2) is 17.8 Å². The van der Waals surface area contributed by atoms with Crippen molar-refractivity contribution in [2.24, 2.45) is 13.0 Å². The molecule has 1 aromatic heterocycles. The second kappa shape index (κ2) is 4.92. The van der Waals surface area contributed by atoms with Crippen LogP contribution in [0.1, 0.15) is 20.3 Å².